The first kappa shape index (κ1) is 15.3. The Bertz CT molecular complexity index is 615. The van der Waals surface area contributed by atoms with Gasteiger partial charge in [-0.25, -0.2) is 0 Å². The summed E-state index contributed by atoms with van der Waals surface area (Å²) in [5, 5.41) is 2.49. The number of nitrogens with zero attached hydrogens (tertiary/aromatic N) is 3. The molecule has 0 unspecified atom stereocenters. The lowest BCUT2D eigenvalue weighted by Gasteiger charge is -2.38. The smallest absolute Gasteiger partial charge is 0.0372 e. The molecule has 1 saturated heterocycles. The number of anilines is 1. The van der Waals surface area contributed by atoms with Gasteiger partial charge in [0.15, 0.2) is 0 Å². The number of pyridine rings is 1. The second kappa shape index (κ2) is 6.66. The van der Waals surface area contributed by atoms with Crippen molar-refractivity contribution < 1.29 is 0 Å². The van der Waals surface area contributed by atoms with Crippen LogP contribution in [0.4, 0.5) is 5.69 Å². The maximum absolute atomic E-state index is 4.19. The summed E-state index contributed by atoms with van der Waals surface area (Å²) in [7, 11) is 2.24. The van der Waals surface area contributed by atoms with Crippen molar-refractivity contribution in [3.63, 3.8) is 0 Å². The van der Waals surface area contributed by atoms with Crippen molar-refractivity contribution in [1.82, 2.24) is 9.88 Å². The van der Waals surface area contributed by atoms with E-state index < -0.39 is 0 Å². The van der Waals surface area contributed by atoms with Gasteiger partial charge in [-0.15, -0.1) is 0 Å². The molecular formula is C19H27N3. The average Bonchev–Trinajstić information content (AvgIpc) is 2.54. The number of aromatic nitrogens is 1. The monoisotopic (exact) mass is 297 g/mol. The van der Waals surface area contributed by atoms with Gasteiger partial charge in [0.05, 0.1) is 0 Å². The third-order valence-corrected chi connectivity index (χ3v) is 4.76. The molecule has 118 valence electrons. The molecule has 0 radical (unpaired) electrons. The lowest BCUT2D eigenvalue weighted by Crippen LogP contribution is -2.44. The third kappa shape index (κ3) is 3.41. The minimum Gasteiger partial charge on any atom is -0.371 e. The first-order chi connectivity index (χ1) is 10.6. The Morgan fingerprint density at radius 3 is 2.68 bits per heavy atom. The predicted octanol–water partition coefficient (Wildman–Crippen LogP) is 3.79. The van der Waals surface area contributed by atoms with Crippen molar-refractivity contribution in [2.45, 2.75) is 32.7 Å². The summed E-state index contributed by atoms with van der Waals surface area (Å²) < 4.78 is 0. The van der Waals surface area contributed by atoms with Crippen LogP contribution in [0.2, 0.25) is 0 Å². The average molecular weight is 297 g/mol. The van der Waals surface area contributed by atoms with E-state index in [1.165, 1.54) is 48.9 Å². The molecule has 0 amide bonds. The van der Waals surface area contributed by atoms with Gasteiger partial charge in [0, 0.05) is 56.2 Å². The van der Waals surface area contributed by atoms with E-state index in [2.05, 4.69) is 59.9 Å². The SMILES string of the molecule is CC(C)CN1CCC(N(C)c2ccc3cnccc3c2)CC1. The van der Waals surface area contributed by atoms with Crippen molar-refractivity contribution in [3.05, 3.63) is 36.7 Å². The second-order valence-corrected chi connectivity index (χ2v) is 6.94. The molecule has 2 heterocycles. The minimum absolute atomic E-state index is 0.655. The molecule has 2 aromatic rings. The molecule has 0 atom stereocenters. The number of rotatable bonds is 4. The molecule has 1 aliphatic heterocycles. The summed E-state index contributed by atoms with van der Waals surface area (Å²) >= 11 is 0. The molecular weight excluding hydrogens is 270 g/mol. The quantitative estimate of drug-likeness (QED) is 0.856. The fourth-order valence-corrected chi connectivity index (χ4v) is 3.51. The Kier molecular flexibility index (Phi) is 4.63. The molecule has 3 rings (SSSR count). The third-order valence-electron chi connectivity index (χ3n) is 4.76. The number of likely N-dealkylation sites (tertiary alicyclic amines) is 1. The zero-order chi connectivity index (χ0) is 15.5. The molecule has 1 aliphatic rings. The Hall–Kier alpha value is -1.61. The molecule has 0 aliphatic carbocycles. The maximum atomic E-state index is 4.19. The van der Waals surface area contributed by atoms with Crippen molar-refractivity contribution in [1.29, 1.82) is 0 Å². The topological polar surface area (TPSA) is 19.4 Å². The van der Waals surface area contributed by atoms with Crippen LogP contribution in [0.25, 0.3) is 10.8 Å². The summed E-state index contributed by atoms with van der Waals surface area (Å²) in [6, 6.07) is 9.45. The number of piperidine rings is 1. The van der Waals surface area contributed by atoms with E-state index in [1.54, 1.807) is 0 Å². The van der Waals surface area contributed by atoms with E-state index in [9.17, 15) is 0 Å². The van der Waals surface area contributed by atoms with Crippen molar-refractivity contribution in [2.75, 3.05) is 31.6 Å². The molecule has 22 heavy (non-hydrogen) atoms. The molecule has 3 nitrogen and oxygen atoms in total. The summed E-state index contributed by atoms with van der Waals surface area (Å²) in [6.45, 7) is 8.30. The standard InChI is InChI=1S/C19H27N3/c1-15(2)14-22-10-7-18(8-11-22)21(3)19-5-4-17-13-20-9-6-16(17)12-19/h4-6,9,12-13,15,18H,7-8,10-11,14H2,1-3H3. The van der Waals surface area contributed by atoms with Crippen molar-refractivity contribution >= 4 is 16.5 Å². The Labute approximate surface area is 133 Å². The van der Waals surface area contributed by atoms with Gasteiger partial charge in [0.2, 0.25) is 0 Å². The molecule has 1 aromatic heterocycles. The van der Waals surface area contributed by atoms with Gasteiger partial charge in [0.1, 0.15) is 0 Å². The highest BCUT2D eigenvalue weighted by molar-refractivity contribution is 5.85. The summed E-state index contributed by atoms with van der Waals surface area (Å²) in [5.74, 6) is 0.767. The van der Waals surface area contributed by atoms with Crippen LogP contribution in [0.5, 0.6) is 0 Å². The van der Waals surface area contributed by atoms with Crippen LogP contribution >= 0.6 is 0 Å². The van der Waals surface area contributed by atoms with Crippen LogP contribution in [-0.4, -0.2) is 42.6 Å². The Morgan fingerprint density at radius 2 is 1.95 bits per heavy atom. The highest BCUT2D eigenvalue weighted by Gasteiger charge is 2.23. The van der Waals surface area contributed by atoms with Gasteiger partial charge < -0.3 is 9.80 Å². The molecule has 3 heteroatoms. The zero-order valence-electron chi connectivity index (χ0n) is 14.0. The van der Waals surface area contributed by atoms with E-state index in [0.29, 0.717) is 6.04 Å². The molecule has 1 aromatic carbocycles. The van der Waals surface area contributed by atoms with E-state index in [-0.39, 0.29) is 0 Å². The first-order valence-electron chi connectivity index (χ1n) is 8.42. The van der Waals surface area contributed by atoms with E-state index in [4.69, 9.17) is 0 Å². The molecule has 0 spiro atoms. The van der Waals surface area contributed by atoms with E-state index in [0.717, 1.165) is 5.92 Å². The minimum atomic E-state index is 0.655. The lowest BCUT2D eigenvalue weighted by atomic mass is 10.0. The number of benzene rings is 1. The number of fused-ring (bicyclic) bond motifs is 1. The van der Waals surface area contributed by atoms with E-state index in [1.807, 2.05) is 12.4 Å². The fourth-order valence-electron chi connectivity index (χ4n) is 3.51. The van der Waals surface area contributed by atoms with Crippen molar-refractivity contribution in [2.24, 2.45) is 5.92 Å². The normalized spacial score (nSPS) is 17.3. The number of hydrogen-bond acceptors (Lipinski definition) is 3. The second-order valence-electron chi connectivity index (χ2n) is 6.94. The van der Waals surface area contributed by atoms with Gasteiger partial charge in [-0.1, -0.05) is 19.9 Å². The van der Waals surface area contributed by atoms with Crippen LogP contribution < -0.4 is 4.90 Å². The predicted molar refractivity (Wildman–Crippen MR) is 94.4 cm³/mol. The van der Waals surface area contributed by atoms with Crippen molar-refractivity contribution in [3.8, 4) is 0 Å². The summed E-state index contributed by atoms with van der Waals surface area (Å²) in [4.78, 5) is 9.27. The first-order valence-corrected chi connectivity index (χ1v) is 8.42. The van der Waals surface area contributed by atoms with Gasteiger partial charge in [-0.2, -0.15) is 0 Å². The molecule has 0 saturated carbocycles. The van der Waals surface area contributed by atoms with Gasteiger partial charge in [0.25, 0.3) is 0 Å². The van der Waals surface area contributed by atoms with Crippen LogP contribution in [0.15, 0.2) is 36.7 Å². The highest BCUT2D eigenvalue weighted by Crippen LogP contribution is 2.25. The number of hydrogen-bond donors (Lipinski definition) is 0. The van der Waals surface area contributed by atoms with Gasteiger partial charge >= 0.3 is 0 Å². The van der Waals surface area contributed by atoms with Gasteiger partial charge in [-0.3, -0.25) is 4.98 Å². The summed E-state index contributed by atoms with van der Waals surface area (Å²) in [6.07, 6.45) is 6.33. The van der Waals surface area contributed by atoms with Crippen LogP contribution in [-0.2, 0) is 0 Å². The summed E-state index contributed by atoms with van der Waals surface area (Å²) in [5.41, 5.74) is 1.32. The largest absolute Gasteiger partial charge is 0.371 e. The molecule has 0 bridgehead atoms. The lowest BCUT2D eigenvalue weighted by molar-refractivity contribution is 0.191. The fraction of sp³-hybridized carbons (Fsp3) is 0.526. The maximum Gasteiger partial charge on any atom is 0.0372 e. The Morgan fingerprint density at radius 1 is 1.18 bits per heavy atom. The Balaban J connectivity index is 1.67. The van der Waals surface area contributed by atoms with Crippen LogP contribution in [0.1, 0.15) is 26.7 Å². The molecule has 0 N–H and O–H groups in total. The van der Waals surface area contributed by atoms with Crippen LogP contribution in [0, 0.1) is 5.92 Å². The highest BCUT2D eigenvalue weighted by atomic mass is 15.2. The van der Waals surface area contributed by atoms with Crippen LogP contribution in [0.3, 0.4) is 0 Å². The van der Waals surface area contributed by atoms with E-state index >= 15 is 0 Å². The molecule has 1 fully saturated rings. The van der Waals surface area contributed by atoms with Gasteiger partial charge in [-0.05, 0) is 42.3 Å². The zero-order valence-corrected chi connectivity index (χ0v) is 14.0.